The summed E-state index contributed by atoms with van der Waals surface area (Å²) in [6.07, 6.45) is 2.27. The molecule has 44 heteroatoms. The Kier molecular flexibility index (Phi) is 40.8. The predicted octanol–water partition coefficient (Wildman–Crippen LogP) is -0.774. The number of carboxylic acids is 1. The van der Waals surface area contributed by atoms with Crippen LogP contribution in [0.3, 0.4) is 0 Å². The molecule has 16 atom stereocenters. The number of aromatic hydroxyl groups is 1. The number of benzene rings is 3. The first-order valence-corrected chi connectivity index (χ1v) is 46.9. The molecule has 0 bridgehead atoms. The number of phenolic OH excluding ortho intramolecular Hbond substituents is 1. The van der Waals surface area contributed by atoms with Crippen molar-refractivity contribution >= 4 is 140 Å². The third kappa shape index (κ3) is 29.7. The van der Waals surface area contributed by atoms with Gasteiger partial charge in [-0.25, -0.2) is 4.98 Å². The number of fused-ring (bicyclic) bond motifs is 4. The maximum Gasteiger partial charge on any atom is 0.303 e. The van der Waals surface area contributed by atoms with E-state index in [-0.39, 0.29) is 89.2 Å². The van der Waals surface area contributed by atoms with E-state index < -0.39 is 260 Å². The van der Waals surface area contributed by atoms with E-state index in [0.717, 1.165) is 26.5 Å². The van der Waals surface area contributed by atoms with E-state index in [0.29, 0.717) is 64.2 Å². The number of likely N-dealkylation sites (N-methyl/N-ethyl adjacent to an activating group) is 3. The second-order valence-electron chi connectivity index (χ2n) is 35.2. The summed E-state index contributed by atoms with van der Waals surface area (Å²) in [6.45, 7) is 8.40. The molecule has 3 aliphatic heterocycles. The zero-order valence-electron chi connectivity index (χ0n) is 77.8. The molecule has 43 nitrogen and oxygen atoms in total. The van der Waals surface area contributed by atoms with Crippen molar-refractivity contribution in [2.75, 3.05) is 58.8 Å². The van der Waals surface area contributed by atoms with Gasteiger partial charge >= 0.3 is 5.97 Å². The van der Waals surface area contributed by atoms with E-state index >= 15 is 38.4 Å². The van der Waals surface area contributed by atoms with Gasteiger partial charge in [-0.3, -0.25) is 86.3 Å². The molecule has 3 aromatic carbocycles. The van der Waals surface area contributed by atoms with Crippen molar-refractivity contribution in [3.63, 3.8) is 0 Å². The lowest BCUT2D eigenvalue weighted by Gasteiger charge is -2.36. The number of hydrogen-bond acceptors (Lipinski definition) is 23. The molecule has 0 spiro atoms. The smallest absolute Gasteiger partial charge is 0.303 e. The van der Waals surface area contributed by atoms with Gasteiger partial charge in [0.25, 0.3) is 0 Å². The Morgan fingerprint density at radius 3 is 1.79 bits per heavy atom. The Balaban J connectivity index is 0.0000230. The predicted molar refractivity (Wildman–Crippen MR) is 506 cm³/mol. The number of thioether (sulfide) groups is 1. The third-order valence-corrected chi connectivity index (χ3v) is 25.7. The molecule has 3 fully saturated rings. The van der Waals surface area contributed by atoms with E-state index in [2.05, 4.69) is 73.1 Å². The molecule has 22 N–H and O–H groups in total. The first-order valence-electron chi connectivity index (χ1n) is 45.7. The van der Waals surface area contributed by atoms with Crippen LogP contribution in [0.25, 0.3) is 21.8 Å². The van der Waals surface area contributed by atoms with Crippen LogP contribution in [-0.4, -0.2) is 316 Å². The number of amides is 17. The molecule has 9 rings (SSSR count). The van der Waals surface area contributed by atoms with Gasteiger partial charge in [0.2, 0.25) is 100 Å². The molecule has 746 valence electrons. The molecule has 6 heterocycles. The van der Waals surface area contributed by atoms with Crippen LogP contribution in [0.1, 0.15) is 167 Å². The SMILES string of the molecule is C.CCCC[C@H]1C(=O)N(C)[C@@H](CCCC)C(=O)N[C@@H](CC(C)C)C(=O)N[C@H](C(=O)NCC(N)=O)CSCC(=O)N[C@@H](Cc2ccc(O)cc2)C(=O)N(C)[C@@H](C)C(=O)N[C@@H](CC(N)=O)C(=O)N2CCC[C@H]2C(=O)N[C@@H](Cc2c[nH]cn2)C(=O)N[C@@H](CCC(=O)O)C(=O)N2C[C@H](O)C[C@H]2C(=O)N[C@@H]([C@@H](C)c2c[nH]c3ccccc23)C(=O)N[C@@H](CCN)C(=O)N[C@@H](Cc2c[nH]c3ccccc23)C(=O)N1C. The van der Waals surface area contributed by atoms with Crippen LogP contribution >= 0.6 is 11.8 Å². The molecule has 3 aromatic heterocycles. The number of nitrogens with one attached hydrogen (secondary N) is 13. The second-order valence-corrected chi connectivity index (χ2v) is 36.3. The van der Waals surface area contributed by atoms with Gasteiger partial charge in [-0.1, -0.05) is 116 Å². The largest absolute Gasteiger partial charge is 0.508 e. The Bertz CT molecular complexity index is 5260. The number of unbranched alkanes of at least 4 members (excludes halogenated alkanes) is 2. The lowest BCUT2D eigenvalue weighted by molar-refractivity contribution is -0.149. The van der Waals surface area contributed by atoms with E-state index in [1.165, 1.54) is 74.7 Å². The van der Waals surface area contributed by atoms with Gasteiger partial charge in [0.15, 0.2) is 0 Å². The van der Waals surface area contributed by atoms with Gasteiger partial charge in [-0.15, -0.1) is 11.8 Å². The maximum absolute atomic E-state index is 15.9. The maximum atomic E-state index is 15.9. The average molecular weight is 1930 g/mol. The summed E-state index contributed by atoms with van der Waals surface area (Å²) < 4.78 is 0. The van der Waals surface area contributed by atoms with Crippen LogP contribution in [0, 0.1) is 5.92 Å². The number of nitrogens with two attached hydrogens (primary N) is 3. The fraction of sp³-hybridized carbons (Fsp3) is 0.538. The second kappa shape index (κ2) is 51.4. The van der Waals surface area contributed by atoms with E-state index in [1.807, 2.05) is 13.8 Å². The molecular weight excluding hydrogens is 1790 g/mol. The van der Waals surface area contributed by atoms with Crippen molar-refractivity contribution in [1.29, 1.82) is 0 Å². The van der Waals surface area contributed by atoms with Crippen LogP contribution in [0.4, 0.5) is 0 Å². The van der Waals surface area contributed by atoms with Gasteiger partial charge in [0, 0.05) is 118 Å². The number of nitrogens with zero attached hydrogens (tertiary/aromatic N) is 6. The van der Waals surface area contributed by atoms with E-state index in [4.69, 9.17) is 17.2 Å². The normalized spacial score (nSPS) is 24.8. The van der Waals surface area contributed by atoms with E-state index in [9.17, 15) is 63.3 Å². The number of aliphatic hydroxyl groups excluding tert-OH is 1. The van der Waals surface area contributed by atoms with E-state index in [1.54, 1.807) is 81.7 Å². The number of phenols is 1. The van der Waals surface area contributed by atoms with Crippen LogP contribution < -0.4 is 70.4 Å². The molecule has 137 heavy (non-hydrogen) atoms. The van der Waals surface area contributed by atoms with Crippen LogP contribution in [0.5, 0.6) is 5.75 Å². The zero-order chi connectivity index (χ0) is 99.5. The Hall–Kier alpha value is -13.5. The minimum Gasteiger partial charge on any atom is -0.508 e. The van der Waals surface area contributed by atoms with Crippen molar-refractivity contribution in [2.45, 2.75) is 255 Å². The first kappa shape index (κ1) is 109. The number of aliphatic carboxylic acids is 1. The van der Waals surface area contributed by atoms with Crippen LogP contribution in [0.2, 0.25) is 0 Å². The highest BCUT2D eigenvalue weighted by atomic mass is 32.2. The zero-order valence-corrected chi connectivity index (χ0v) is 78.6. The number of carbonyl (C=O) groups is 18. The Morgan fingerprint density at radius 2 is 1.15 bits per heavy atom. The topological polar surface area (TPSA) is 643 Å². The fourth-order valence-corrected chi connectivity index (χ4v) is 17.9. The highest BCUT2D eigenvalue weighted by Gasteiger charge is 2.47. The molecule has 0 unspecified atom stereocenters. The summed E-state index contributed by atoms with van der Waals surface area (Å²) in [5, 5.41) is 59.8. The summed E-state index contributed by atoms with van der Waals surface area (Å²) in [5.74, 6) is -20.1. The monoisotopic (exact) mass is 1920 g/mol. The third-order valence-electron chi connectivity index (χ3n) is 24.7. The number of carbonyl (C=O) groups excluding carboxylic acids is 17. The van der Waals surface area contributed by atoms with Gasteiger partial charge in [0.1, 0.15) is 90.3 Å². The van der Waals surface area contributed by atoms with Gasteiger partial charge < -0.3 is 125 Å². The Morgan fingerprint density at radius 1 is 0.569 bits per heavy atom. The van der Waals surface area contributed by atoms with Gasteiger partial charge in [0.05, 0.1) is 36.8 Å². The summed E-state index contributed by atoms with van der Waals surface area (Å²) in [5.41, 5.74) is 20.3. The van der Waals surface area contributed by atoms with Crippen molar-refractivity contribution in [3.8, 4) is 5.75 Å². The number of carboxylic acid groups (broad SMARTS) is 1. The van der Waals surface area contributed by atoms with Crippen molar-refractivity contribution in [3.05, 3.63) is 120 Å². The summed E-state index contributed by atoms with van der Waals surface area (Å²) in [4.78, 5) is 282. The number of aliphatic hydroxyl groups is 1. The molecule has 3 aliphatic rings. The van der Waals surface area contributed by atoms with Crippen LogP contribution in [-0.2, 0) is 106 Å². The number of H-pyrrole nitrogens is 3. The van der Waals surface area contributed by atoms with Gasteiger partial charge in [-0.05, 0) is 105 Å². The minimum absolute atomic E-state index is 0. The molecule has 0 aliphatic carbocycles. The summed E-state index contributed by atoms with van der Waals surface area (Å²) in [6, 6.07) is -2.31. The lowest BCUT2D eigenvalue weighted by atomic mass is 9.91. The number of para-hydroxylation sites is 2. The van der Waals surface area contributed by atoms with Crippen molar-refractivity contribution in [1.82, 2.24) is 97.6 Å². The number of aromatic amines is 3. The molecule has 17 amide bonds. The molecule has 0 saturated carbocycles. The molecule has 3 saturated heterocycles. The van der Waals surface area contributed by atoms with Crippen LogP contribution in [0.15, 0.2) is 97.7 Å². The van der Waals surface area contributed by atoms with Gasteiger partial charge in [-0.2, -0.15) is 0 Å². The molecule has 6 aromatic rings. The average Bonchev–Trinajstić information content (AvgIpc) is 1.59. The number of hydrogen-bond donors (Lipinski definition) is 19. The Labute approximate surface area is 797 Å². The number of rotatable bonds is 26. The highest BCUT2D eigenvalue weighted by molar-refractivity contribution is 8.00. The fourth-order valence-electron chi connectivity index (χ4n) is 17.1. The number of aromatic nitrogens is 4. The standard InChI is InChI=1S/C92H128N22O21S.CH4/c1-10-12-23-70-84(127)104-64(35-49(3)4)82(125)108-69(80(123)99-44-75(95)118)46-136-47-76(119)101-66(36-52-26-28-55(115)29-27-52)88(131)110(7)51(6)79(122)106-68(40-74(94)117)91(134)113-34-18-25-71(113)85(128)105-65(38-54-42-96-48-100-54)83(126)103-63(30-31-77(120)121)90(133)114-45-56(116)39-73(114)86(129)109-78(50(5)59-43-98-61-22-17-15-20-58(59)61)87(130)102-62(32-33-93)81(124)107-67(37-53-41-97-60-21-16-14-19-57(53)60)89(132)112(9)72(24-13-11-2)92(135)111(70)8;/h14-17,19-22,26-29,41-43,48-51,56,62-73,78,97-98,115-116H,10-13,18,23-25,30-40,44-47,93H2,1-9H3,(H2,94,117)(H2,95,118)(H,96,100)(H,99,123)(H,101,119)(H,102,130)(H,103,126)(H,104,127)(H,105,128)(H,106,122)(H,107,124)(H,108,125)(H,109,129)(H,120,121);1H4/t50-,51-,56+,62-,63-,64-,65-,66-,67-,68-,69-,70-,71-,72-,73-,78-;/m0./s1. The summed E-state index contributed by atoms with van der Waals surface area (Å²) >= 11 is 0.787. The minimum atomic E-state index is -1.84. The highest BCUT2D eigenvalue weighted by Crippen LogP contribution is 2.31. The summed E-state index contributed by atoms with van der Waals surface area (Å²) in [7, 11) is 3.97. The number of imidazole rings is 1. The first-order chi connectivity index (χ1) is 64.7. The number of primary amides is 2. The molecule has 0 radical (unpaired) electrons. The van der Waals surface area contributed by atoms with Crippen molar-refractivity contribution < 1.29 is 102 Å². The van der Waals surface area contributed by atoms with Crippen molar-refractivity contribution in [2.24, 2.45) is 23.1 Å². The quantitative estimate of drug-likeness (QED) is 0.0317. The lowest BCUT2D eigenvalue weighted by Crippen LogP contribution is -2.61. The molecular formula is C93H132N22O21S.